The monoisotopic (exact) mass is 277 g/mol. The number of hydrogen-bond donors (Lipinski definition) is 2. The Hall–Kier alpha value is -1.39. The molecule has 0 aliphatic carbocycles. The average Bonchev–Trinajstić information content (AvgIpc) is 2.42. The number of nitrogens with one attached hydrogen (secondary N) is 1. The van der Waals surface area contributed by atoms with E-state index in [1.165, 1.54) is 5.56 Å². The fourth-order valence-electron chi connectivity index (χ4n) is 2.09. The van der Waals surface area contributed by atoms with Crippen molar-refractivity contribution in [2.24, 2.45) is 5.73 Å². The van der Waals surface area contributed by atoms with Crippen LogP contribution in [0.25, 0.3) is 0 Å². The Labute approximate surface area is 122 Å². The fraction of sp³-hybridized carbons (Fsp3) is 0.562. The van der Waals surface area contributed by atoms with Crippen molar-refractivity contribution >= 4 is 5.91 Å². The molecule has 0 radical (unpaired) electrons. The molecule has 1 rings (SSSR count). The molecule has 4 nitrogen and oxygen atoms in total. The molecule has 20 heavy (non-hydrogen) atoms. The molecule has 112 valence electrons. The highest BCUT2D eigenvalue weighted by Crippen LogP contribution is 2.10. The zero-order valence-electron chi connectivity index (χ0n) is 12.9. The predicted octanol–water partition coefficient (Wildman–Crippen LogP) is 1.88. The van der Waals surface area contributed by atoms with Crippen molar-refractivity contribution in [2.45, 2.75) is 45.3 Å². The molecule has 1 atom stereocenters. The van der Waals surface area contributed by atoms with Crippen molar-refractivity contribution in [1.29, 1.82) is 0 Å². The van der Waals surface area contributed by atoms with E-state index in [1.54, 1.807) is 0 Å². The number of unbranched alkanes of at least 4 members (excludes halogenated alkanes) is 1. The van der Waals surface area contributed by atoms with Gasteiger partial charge in [0.15, 0.2) is 0 Å². The Kier molecular flexibility index (Phi) is 7.26. The second-order valence-electron chi connectivity index (χ2n) is 5.47. The number of amides is 1. The quantitative estimate of drug-likeness (QED) is 0.763. The molecule has 1 aromatic carbocycles. The van der Waals surface area contributed by atoms with Gasteiger partial charge < -0.3 is 16.0 Å². The average molecular weight is 277 g/mol. The van der Waals surface area contributed by atoms with Crippen LogP contribution in [0.2, 0.25) is 0 Å². The highest BCUT2D eigenvalue weighted by Gasteiger charge is 2.12. The third-order valence-electron chi connectivity index (χ3n) is 3.26. The van der Waals surface area contributed by atoms with Gasteiger partial charge in [-0.25, -0.2) is 0 Å². The maximum Gasteiger partial charge on any atom is 0.237 e. The Balaban J connectivity index is 2.54. The highest BCUT2D eigenvalue weighted by molar-refractivity contribution is 5.81. The van der Waals surface area contributed by atoms with Gasteiger partial charge in [-0.2, -0.15) is 0 Å². The van der Waals surface area contributed by atoms with Crippen LogP contribution in [0.4, 0.5) is 0 Å². The van der Waals surface area contributed by atoms with Gasteiger partial charge in [0.25, 0.3) is 0 Å². The van der Waals surface area contributed by atoms with Crippen molar-refractivity contribution in [1.82, 2.24) is 10.2 Å². The molecule has 0 saturated carbocycles. The van der Waals surface area contributed by atoms with Gasteiger partial charge in [-0.3, -0.25) is 4.79 Å². The third-order valence-corrected chi connectivity index (χ3v) is 3.26. The normalized spacial score (nSPS) is 12.4. The van der Waals surface area contributed by atoms with Gasteiger partial charge in [-0.15, -0.1) is 0 Å². The topological polar surface area (TPSA) is 58.4 Å². The minimum atomic E-state index is -0.393. The summed E-state index contributed by atoms with van der Waals surface area (Å²) in [5.74, 6) is -0.0573. The number of benzene rings is 1. The van der Waals surface area contributed by atoms with Gasteiger partial charge in [0.05, 0.1) is 6.04 Å². The van der Waals surface area contributed by atoms with E-state index < -0.39 is 6.04 Å². The van der Waals surface area contributed by atoms with E-state index >= 15 is 0 Å². The minimum absolute atomic E-state index is 0.0573. The lowest BCUT2D eigenvalue weighted by Gasteiger charge is -2.16. The van der Waals surface area contributed by atoms with Crippen molar-refractivity contribution < 1.29 is 4.79 Å². The second kappa shape index (κ2) is 8.72. The van der Waals surface area contributed by atoms with Crippen LogP contribution in [0.1, 0.15) is 37.3 Å². The second-order valence-corrected chi connectivity index (χ2v) is 5.47. The molecule has 0 aliphatic heterocycles. The van der Waals surface area contributed by atoms with Gasteiger partial charge in [-0.05, 0) is 31.6 Å². The van der Waals surface area contributed by atoms with Crippen molar-refractivity contribution in [3.8, 4) is 0 Å². The summed E-state index contributed by atoms with van der Waals surface area (Å²) in [5, 5.41) is 2.94. The Bertz CT molecular complexity index is 418. The van der Waals surface area contributed by atoms with Crippen molar-refractivity contribution in [3.05, 3.63) is 35.4 Å². The molecule has 0 fully saturated rings. The highest BCUT2D eigenvalue weighted by atomic mass is 16.2. The summed E-state index contributed by atoms with van der Waals surface area (Å²) < 4.78 is 0. The first-order valence-corrected chi connectivity index (χ1v) is 7.29. The van der Waals surface area contributed by atoms with Crippen LogP contribution < -0.4 is 11.1 Å². The van der Waals surface area contributed by atoms with E-state index in [1.807, 2.05) is 26.2 Å². The molecule has 0 unspecified atom stereocenters. The maximum absolute atomic E-state index is 11.9. The number of hydrogen-bond acceptors (Lipinski definition) is 3. The summed E-state index contributed by atoms with van der Waals surface area (Å²) in [6.07, 6.45) is 2.81. The van der Waals surface area contributed by atoms with E-state index in [9.17, 15) is 4.79 Å². The Morgan fingerprint density at radius 3 is 2.55 bits per heavy atom. The lowest BCUT2D eigenvalue weighted by molar-refractivity contribution is -0.122. The summed E-state index contributed by atoms with van der Waals surface area (Å²) in [5.41, 5.74) is 8.25. The summed E-state index contributed by atoms with van der Waals surface area (Å²) in [7, 11) is 4.08. The SMILES string of the molecule is CCCC[C@H](N)C(=O)NCc1ccccc1CN(C)C. The van der Waals surface area contributed by atoms with Crippen LogP contribution in [0.15, 0.2) is 24.3 Å². The van der Waals surface area contributed by atoms with E-state index in [2.05, 4.69) is 29.3 Å². The molecule has 3 N–H and O–H groups in total. The van der Waals surface area contributed by atoms with Crippen LogP contribution in [0, 0.1) is 0 Å². The van der Waals surface area contributed by atoms with Gasteiger partial charge in [0, 0.05) is 13.1 Å². The van der Waals surface area contributed by atoms with E-state index in [0.29, 0.717) is 6.54 Å². The summed E-state index contributed by atoms with van der Waals surface area (Å²) >= 11 is 0. The Morgan fingerprint density at radius 2 is 1.95 bits per heavy atom. The van der Waals surface area contributed by atoms with Crippen LogP contribution in [0.3, 0.4) is 0 Å². The van der Waals surface area contributed by atoms with Gasteiger partial charge in [-0.1, -0.05) is 44.0 Å². The number of nitrogens with two attached hydrogens (primary N) is 1. The minimum Gasteiger partial charge on any atom is -0.351 e. The summed E-state index contributed by atoms with van der Waals surface area (Å²) in [6.45, 7) is 3.51. The van der Waals surface area contributed by atoms with Gasteiger partial charge >= 0.3 is 0 Å². The fourth-order valence-corrected chi connectivity index (χ4v) is 2.09. The van der Waals surface area contributed by atoms with Gasteiger partial charge in [0.2, 0.25) is 5.91 Å². The van der Waals surface area contributed by atoms with Crippen molar-refractivity contribution in [3.63, 3.8) is 0 Å². The molecule has 0 saturated heterocycles. The third kappa shape index (κ3) is 5.72. The van der Waals surface area contributed by atoms with Crippen LogP contribution in [-0.2, 0) is 17.9 Å². The first-order valence-electron chi connectivity index (χ1n) is 7.29. The summed E-state index contributed by atoms with van der Waals surface area (Å²) in [6, 6.07) is 7.78. The molecular formula is C16H27N3O. The van der Waals surface area contributed by atoms with E-state index in [0.717, 1.165) is 31.4 Å². The van der Waals surface area contributed by atoms with Crippen molar-refractivity contribution in [2.75, 3.05) is 14.1 Å². The largest absolute Gasteiger partial charge is 0.351 e. The van der Waals surface area contributed by atoms with Crippen LogP contribution in [-0.4, -0.2) is 30.9 Å². The molecular weight excluding hydrogens is 250 g/mol. The first kappa shape index (κ1) is 16.7. The summed E-state index contributed by atoms with van der Waals surface area (Å²) in [4.78, 5) is 14.0. The molecule has 0 aromatic heterocycles. The molecule has 1 aromatic rings. The zero-order valence-corrected chi connectivity index (χ0v) is 12.9. The smallest absolute Gasteiger partial charge is 0.237 e. The standard InChI is InChI=1S/C16H27N3O/c1-4-5-10-15(17)16(20)18-11-13-8-6-7-9-14(13)12-19(2)3/h6-9,15H,4-5,10-12,17H2,1-3H3,(H,18,20)/t15-/m0/s1. The number of nitrogens with zero attached hydrogens (tertiary/aromatic N) is 1. The molecule has 0 spiro atoms. The van der Waals surface area contributed by atoms with Gasteiger partial charge in [0.1, 0.15) is 0 Å². The van der Waals surface area contributed by atoms with E-state index in [4.69, 9.17) is 5.73 Å². The van der Waals surface area contributed by atoms with Crippen LogP contribution in [0.5, 0.6) is 0 Å². The lowest BCUT2D eigenvalue weighted by Crippen LogP contribution is -2.40. The number of carbonyl (C=O) groups excluding carboxylic acids is 1. The number of carbonyl (C=O) groups is 1. The van der Waals surface area contributed by atoms with Crippen LogP contribution >= 0.6 is 0 Å². The molecule has 0 heterocycles. The Morgan fingerprint density at radius 1 is 1.30 bits per heavy atom. The molecule has 0 aliphatic rings. The zero-order chi connectivity index (χ0) is 15.0. The number of rotatable bonds is 8. The predicted molar refractivity (Wildman–Crippen MR) is 83.2 cm³/mol. The molecule has 0 bridgehead atoms. The molecule has 4 heteroatoms. The lowest BCUT2D eigenvalue weighted by atomic mass is 10.1. The molecule has 1 amide bonds. The first-order chi connectivity index (χ1) is 9.54. The van der Waals surface area contributed by atoms with E-state index in [-0.39, 0.29) is 5.91 Å². The maximum atomic E-state index is 11.9.